The smallest absolute Gasteiger partial charge is 0.191 e. The van der Waals surface area contributed by atoms with Crippen molar-refractivity contribution in [1.29, 1.82) is 0 Å². The molecule has 1 aliphatic carbocycles. The van der Waals surface area contributed by atoms with Crippen LogP contribution in [0.1, 0.15) is 52.9 Å². The topological polar surface area (TPSA) is 64.1 Å². The quantitative estimate of drug-likeness (QED) is 0.316. The van der Waals surface area contributed by atoms with Crippen molar-refractivity contribution in [3.8, 4) is 0 Å². The summed E-state index contributed by atoms with van der Waals surface area (Å²) in [7, 11) is 3.62. The van der Waals surface area contributed by atoms with Crippen molar-refractivity contribution < 1.29 is 14.2 Å². The third kappa shape index (κ3) is 5.02. The molecule has 0 bridgehead atoms. The number of rotatable bonds is 8. The first-order valence-electron chi connectivity index (χ1n) is 9.81. The van der Waals surface area contributed by atoms with Gasteiger partial charge in [0.25, 0.3) is 0 Å². The molecule has 1 saturated carbocycles. The van der Waals surface area contributed by atoms with E-state index in [1.807, 2.05) is 7.05 Å². The van der Waals surface area contributed by atoms with Gasteiger partial charge in [-0.15, -0.1) is 24.0 Å². The minimum absolute atomic E-state index is 0. The van der Waals surface area contributed by atoms with Gasteiger partial charge in [-0.3, -0.25) is 4.99 Å². The zero-order chi connectivity index (χ0) is 18.3. The van der Waals surface area contributed by atoms with E-state index in [0.717, 1.165) is 64.4 Å². The summed E-state index contributed by atoms with van der Waals surface area (Å²) in [5.41, 5.74) is 0.0429. The predicted molar refractivity (Wildman–Crippen MR) is 117 cm³/mol. The molecule has 1 aliphatic heterocycles. The second-order valence-electron chi connectivity index (χ2n) is 7.24. The van der Waals surface area contributed by atoms with Gasteiger partial charge in [0.15, 0.2) is 5.96 Å². The first kappa shape index (κ1) is 23.9. The van der Waals surface area contributed by atoms with Gasteiger partial charge < -0.3 is 24.8 Å². The summed E-state index contributed by atoms with van der Waals surface area (Å²) in [5, 5.41) is 7.12. The normalized spacial score (nSPS) is 27.2. The minimum atomic E-state index is -0.157. The van der Waals surface area contributed by atoms with Crippen molar-refractivity contribution in [3.05, 3.63) is 0 Å². The SMILES string of the molecule is CCOC1CC(NC(=NC)NCC2(OC)CCOCC2)C1(CC)CC.I. The van der Waals surface area contributed by atoms with Crippen LogP contribution in [0.15, 0.2) is 4.99 Å². The van der Waals surface area contributed by atoms with Crippen molar-refractivity contribution in [2.24, 2.45) is 10.4 Å². The molecule has 0 aromatic rings. The number of hydrogen-bond donors (Lipinski definition) is 2. The summed E-state index contributed by atoms with van der Waals surface area (Å²) in [6.07, 6.45) is 5.45. The number of guanidine groups is 1. The zero-order valence-corrected chi connectivity index (χ0v) is 19.4. The van der Waals surface area contributed by atoms with Crippen LogP contribution < -0.4 is 10.6 Å². The molecule has 2 N–H and O–H groups in total. The van der Waals surface area contributed by atoms with Gasteiger partial charge in [0.05, 0.1) is 11.7 Å². The fourth-order valence-corrected chi connectivity index (χ4v) is 4.38. The van der Waals surface area contributed by atoms with E-state index in [-0.39, 0.29) is 35.0 Å². The van der Waals surface area contributed by atoms with Gasteiger partial charge in [0, 0.05) is 64.8 Å². The highest BCUT2D eigenvalue weighted by atomic mass is 127. The van der Waals surface area contributed by atoms with Crippen LogP contribution in [0.25, 0.3) is 0 Å². The zero-order valence-electron chi connectivity index (χ0n) is 17.1. The Balaban J connectivity index is 0.00000338. The third-order valence-electron chi connectivity index (χ3n) is 6.42. The van der Waals surface area contributed by atoms with Gasteiger partial charge in [-0.05, 0) is 26.2 Å². The summed E-state index contributed by atoms with van der Waals surface area (Å²) in [4.78, 5) is 4.43. The Morgan fingerprint density at radius 2 is 1.85 bits per heavy atom. The second kappa shape index (κ2) is 11.0. The van der Waals surface area contributed by atoms with Gasteiger partial charge in [-0.2, -0.15) is 0 Å². The van der Waals surface area contributed by atoms with E-state index in [2.05, 4.69) is 36.4 Å². The lowest BCUT2D eigenvalue weighted by molar-refractivity contribution is -0.133. The van der Waals surface area contributed by atoms with Crippen LogP contribution >= 0.6 is 24.0 Å². The number of aliphatic imine (C=N–C) groups is 1. The number of nitrogens with one attached hydrogen (secondary N) is 2. The number of halogens is 1. The summed E-state index contributed by atoms with van der Waals surface area (Å²) in [6.45, 7) is 9.66. The highest BCUT2D eigenvalue weighted by molar-refractivity contribution is 14.0. The Morgan fingerprint density at radius 1 is 1.19 bits per heavy atom. The van der Waals surface area contributed by atoms with Gasteiger partial charge in [-0.25, -0.2) is 0 Å². The Morgan fingerprint density at radius 3 is 2.35 bits per heavy atom. The lowest BCUT2D eigenvalue weighted by atomic mass is 9.58. The summed E-state index contributed by atoms with van der Waals surface area (Å²) >= 11 is 0. The maximum absolute atomic E-state index is 5.98. The number of methoxy groups -OCH3 is 1. The Labute approximate surface area is 176 Å². The van der Waals surface area contributed by atoms with Gasteiger partial charge >= 0.3 is 0 Å². The largest absolute Gasteiger partial charge is 0.381 e. The molecule has 154 valence electrons. The number of hydrogen-bond acceptors (Lipinski definition) is 4. The fraction of sp³-hybridized carbons (Fsp3) is 0.947. The predicted octanol–water partition coefficient (Wildman–Crippen LogP) is 2.95. The van der Waals surface area contributed by atoms with Crippen LogP contribution in [-0.4, -0.2) is 64.2 Å². The van der Waals surface area contributed by atoms with Crippen LogP contribution in [0.2, 0.25) is 0 Å². The highest BCUT2D eigenvalue weighted by Gasteiger charge is 2.53. The van der Waals surface area contributed by atoms with Crippen molar-refractivity contribution in [2.75, 3.05) is 40.5 Å². The molecule has 7 heteroatoms. The van der Waals surface area contributed by atoms with Crippen molar-refractivity contribution in [1.82, 2.24) is 10.6 Å². The molecule has 6 nitrogen and oxygen atoms in total. The summed E-state index contributed by atoms with van der Waals surface area (Å²) in [6, 6.07) is 0.401. The molecule has 0 amide bonds. The van der Waals surface area contributed by atoms with Gasteiger partial charge in [0.1, 0.15) is 0 Å². The number of ether oxygens (including phenoxy) is 3. The third-order valence-corrected chi connectivity index (χ3v) is 6.42. The fourth-order valence-electron chi connectivity index (χ4n) is 4.38. The molecule has 0 radical (unpaired) electrons. The van der Waals surface area contributed by atoms with Crippen LogP contribution in [0.3, 0.4) is 0 Å². The molecule has 2 unspecified atom stereocenters. The highest BCUT2D eigenvalue weighted by Crippen LogP contribution is 2.48. The molecular weight excluding hydrogens is 445 g/mol. The molecule has 1 saturated heterocycles. The average Bonchev–Trinajstić information content (AvgIpc) is 2.65. The van der Waals surface area contributed by atoms with Crippen LogP contribution in [0.5, 0.6) is 0 Å². The van der Waals surface area contributed by atoms with Crippen molar-refractivity contribution in [3.63, 3.8) is 0 Å². The standard InChI is InChI=1S/C19H37N3O3.HI/c1-6-19(7-2)15(13-16(19)25-8-3)22-17(20-4)21-14-18(23-5)9-11-24-12-10-18;/h15-16H,6-14H2,1-5H3,(H2,20,21,22);1H. The summed E-state index contributed by atoms with van der Waals surface area (Å²) in [5.74, 6) is 0.856. The molecule has 0 aromatic carbocycles. The second-order valence-corrected chi connectivity index (χ2v) is 7.24. The van der Waals surface area contributed by atoms with E-state index in [0.29, 0.717) is 12.1 Å². The minimum Gasteiger partial charge on any atom is -0.381 e. The maximum Gasteiger partial charge on any atom is 0.191 e. The molecule has 1 heterocycles. The Hall–Kier alpha value is -0.120. The molecule has 2 rings (SSSR count). The maximum atomic E-state index is 5.98. The lowest BCUT2D eigenvalue weighted by Gasteiger charge is -2.55. The molecule has 0 spiro atoms. The van der Waals surface area contributed by atoms with E-state index in [1.54, 1.807) is 7.11 Å². The van der Waals surface area contributed by atoms with Crippen LogP contribution in [0.4, 0.5) is 0 Å². The molecule has 2 atom stereocenters. The van der Waals surface area contributed by atoms with Gasteiger partial charge in [-0.1, -0.05) is 13.8 Å². The average molecular weight is 483 g/mol. The Kier molecular flexibility index (Phi) is 10.1. The summed E-state index contributed by atoms with van der Waals surface area (Å²) < 4.78 is 17.3. The molecule has 26 heavy (non-hydrogen) atoms. The lowest BCUT2D eigenvalue weighted by Crippen LogP contribution is -2.66. The molecular formula is C19H38IN3O3. The van der Waals surface area contributed by atoms with Crippen LogP contribution in [-0.2, 0) is 14.2 Å². The molecule has 2 aliphatic rings. The van der Waals surface area contributed by atoms with Gasteiger partial charge in [0.2, 0.25) is 0 Å². The van der Waals surface area contributed by atoms with E-state index in [4.69, 9.17) is 14.2 Å². The number of nitrogens with zero attached hydrogens (tertiary/aromatic N) is 1. The molecule has 0 aromatic heterocycles. The van der Waals surface area contributed by atoms with E-state index in [1.165, 1.54) is 0 Å². The van der Waals surface area contributed by atoms with Crippen molar-refractivity contribution in [2.45, 2.75) is 70.6 Å². The van der Waals surface area contributed by atoms with E-state index < -0.39 is 0 Å². The van der Waals surface area contributed by atoms with Crippen molar-refractivity contribution >= 4 is 29.9 Å². The van der Waals surface area contributed by atoms with Crippen LogP contribution in [0, 0.1) is 5.41 Å². The van der Waals surface area contributed by atoms with E-state index >= 15 is 0 Å². The first-order valence-corrected chi connectivity index (χ1v) is 9.81. The monoisotopic (exact) mass is 483 g/mol. The molecule has 2 fully saturated rings. The first-order chi connectivity index (χ1) is 12.1. The van der Waals surface area contributed by atoms with E-state index in [9.17, 15) is 0 Å². The Bertz CT molecular complexity index is 438.